The lowest BCUT2D eigenvalue weighted by Gasteiger charge is -2.15. The van der Waals surface area contributed by atoms with Gasteiger partial charge in [-0.3, -0.25) is 10.1 Å². The van der Waals surface area contributed by atoms with Crippen molar-refractivity contribution in [1.82, 2.24) is 20.2 Å². The maximum atomic E-state index is 12.4. The molecule has 1 saturated carbocycles. The zero-order valence-electron chi connectivity index (χ0n) is 20.0. The number of carbonyl (C=O) groups is 2. The summed E-state index contributed by atoms with van der Waals surface area (Å²) in [6, 6.07) is 22.7. The number of nitrogens with zero attached hydrogens (tertiary/aromatic N) is 4. The van der Waals surface area contributed by atoms with Crippen LogP contribution in [-0.2, 0) is 21.5 Å². The monoisotopic (exact) mass is 517 g/mol. The molecule has 1 fully saturated rings. The maximum absolute atomic E-state index is 12.4. The van der Waals surface area contributed by atoms with Gasteiger partial charge in [-0.15, -0.1) is 0 Å². The van der Waals surface area contributed by atoms with Crippen molar-refractivity contribution in [1.29, 1.82) is 0 Å². The molecule has 1 unspecified atom stereocenters. The van der Waals surface area contributed by atoms with E-state index >= 15 is 0 Å². The van der Waals surface area contributed by atoms with E-state index in [1.54, 1.807) is 25.1 Å². The Morgan fingerprint density at radius 3 is 2.32 bits per heavy atom. The molecule has 4 aromatic rings. The fourth-order valence-corrected chi connectivity index (χ4v) is 4.55. The highest BCUT2D eigenvalue weighted by Gasteiger charge is 2.51. The van der Waals surface area contributed by atoms with Gasteiger partial charge in [-0.2, -0.15) is 0 Å². The van der Waals surface area contributed by atoms with Crippen LogP contribution in [0.5, 0.6) is 0 Å². The zero-order chi connectivity index (χ0) is 26.0. The molecule has 1 heterocycles. The number of tetrazole rings is 1. The first-order chi connectivity index (χ1) is 17.9. The fourth-order valence-electron chi connectivity index (χ4n) is 4.26. The van der Waals surface area contributed by atoms with Gasteiger partial charge >= 0.3 is 12.1 Å². The van der Waals surface area contributed by atoms with Crippen LogP contribution < -0.4 is 5.32 Å². The summed E-state index contributed by atoms with van der Waals surface area (Å²) in [4.78, 5) is 24.0. The second-order valence-corrected chi connectivity index (χ2v) is 9.42. The van der Waals surface area contributed by atoms with Crippen LogP contribution >= 0.6 is 11.6 Å². The third-order valence-corrected chi connectivity index (χ3v) is 6.93. The van der Waals surface area contributed by atoms with Crippen molar-refractivity contribution in [2.24, 2.45) is 0 Å². The molecule has 0 radical (unpaired) electrons. The minimum Gasteiger partial charge on any atom is -0.481 e. The number of ether oxygens (including phenoxy) is 1. The smallest absolute Gasteiger partial charge is 0.414 e. The first kappa shape index (κ1) is 24.5. The van der Waals surface area contributed by atoms with Gasteiger partial charge < -0.3 is 9.84 Å². The number of benzene rings is 3. The van der Waals surface area contributed by atoms with Gasteiger partial charge in [0.25, 0.3) is 5.95 Å². The van der Waals surface area contributed by atoms with Crippen molar-refractivity contribution in [2.75, 3.05) is 5.32 Å². The van der Waals surface area contributed by atoms with E-state index in [0.717, 1.165) is 22.3 Å². The Bertz CT molecular complexity index is 1430. The molecule has 188 valence electrons. The topological polar surface area (TPSA) is 119 Å². The van der Waals surface area contributed by atoms with E-state index in [1.807, 2.05) is 54.6 Å². The minimum absolute atomic E-state index is 0.156. The van der Waals surface area contributed by atoms with Crippen LogP contribution in [0, 0.1) is 0 Å². The van der Waals surface area contributed by atoms with Gasteiger partial charge in [0.05, 0.1) is 12.0 Å². The summed E-state index contributed by atoms with van der Waals surface area (Å²) in [7, 11) is 0. The Labute approximate surface area is 218 Å². The predicted molar refractivity (Wildman–Crippen MR) is 137 cm³/mol. The number of hydrogen-bond donors (Lipinski definition) is 2. The van der Waals surface area contributed by atoms with Gasteiger partial charge in [0.1, 0.15) is 6.10 Å². The molecule has 10 heteroatoms. The average Bonchev–Trinajstić information content (AvgIpc) is 3.61. The van der Waals surface area contributed by atoms with E-state index in [1.165, 1.54) is 4.68 Å². The molecule has 1 aliphatic carbocycles. The largest absolute Gasteiger partial charge is 0.481 e. The van der Waals surface area contributed by atoms with Crippen molar-refractivity contribution >= 4 is 29.6 Å². The lowest BCUT2D eigenvalue weighted by molar-refractivity contribution is -0.140. The predicted octanol–water partition coefficient (Wildman–Crippen LogP) is 5.47. The molecule has 1 atom stereocenters. The number of hydrogen-bond acceptors (Lipinski definition) is 6. The van der Waals surface area contributed by atoms with Crippen molar-refractivity contribution in [3.8, 4) is 11.1 Å². The highest BCUT2D eigenvalue weighted by atomic mass is 35.5. The Balaban J connectivity index is 1.21. The Morgan fingerprint density at radius 1 is 1.05 bits per heavy atom. The normalized spacial score (nSPS) is 14.5. The number of carbonyl (C=O) groups excluding carboxylic acids is 1. The van der Waals surface area contributed by atoms with Gasteiger partial charge in [0.15, 0.2) is 0 Å². The summed E-state index contributed by atoms with van der Waals surface area (Å²) in [5.74, 6) is -0.604. The number of carboxylic acid groups (broad SMARTS) is 1. The number of anilines is 1. The molecule has 1 aliphatic rings. The maximum Gasteiger partial charge on any atom is 0.414 e. The summed E-state index contributed by atoms with van der Waals surface area (Å²) >= 11 is 6.18. The van der Waals surface area contributed by atoms with Crippen molar-refractivity contribution in [2.45, 2.75) is 37.8 Å². The number of nitrogens with one attached hydrogen (secondary N) is 1. The van der Waals surface area contributed by atoms with Gasteiger partial charge in [-0.05, 0) is 58.5 Å². The highest BCUT2D eigenvalue weighted by molar-refractivity contribution is 6.31. The van der Waals surface area contributed by atoms with E-state index in [-0.39, 0.29) is 5.95 Å². The number of rotatable bonds is 8. The molecule has 5 rings (SSSR count). The van der Waals surface area contributed by atoms with Gasteiger partial charge in [-0.1, -0.05) is 83.4 Å². The lowest BCUT2D eigenvalue weighted by atomic mass is 9.93. The fraction of sp³-hybridized carbons (Fsp3) is 0.222. The van der Waals surface area contributed by atoms with Crippen LogP contribution in [0.3, 0.4) is 0 Å². The SMILES string of the molecule is CC(OC(=O)Nc1nnnn1Cc1ccc(-c2ccc(C3(C(=O)O)CC3)cc2)cc1)c1ccccc1Cl. The molecule has 2 N–H and O–H groups in total. The second-order valence-electron chi connectivity index (χ2n) is 9.02. The van der Waals surface area contributed by atoms with E-state index in [0.29, 0.717) is 30.0 Å². The summed E-state index contributed by atoms with van der Waals surface area (Å²) in [5.41, 5.74) is 3.76. The highest BCUT2D eigenvalue weighted by Crippen LogP contribution is 2.48. The molecule has 9 nitrogen and oxygen atoms in total. The quantitative estimate of drug-likeness (QED) is 0.318. The van der Waals surface area contributed by atoms with E-state index in [9.17, 15) is 14.7 Å². The number of aromatic nitrogens is 4. The molecular formula is C27H24ClN5O4. The minimum atomic E-state index is -0.760. The molecule has 37 heavy (non-hydrogen) atoms. The standard InChI is InChI=1S/C27H24ClN5O4/c1-17(22-4-2-3-5-23(22)28)37-26(36)29-25-30-31-32-33(25)16-18-6-8-19(9-7-18)20-10-12-21(13-11-20)27(14-15-27)24(34)35/h2-13,17H,14-16H2,1H3,(H,34,35)(H,29,30,32,36). The average molecular weight is 518 g/mol. The molecule has 0 bridgehead atoms. The Hall–Kier alpha value is -4.24. The van der Waals surface area contributed by atoms with E-state index in [4.69, 9.17) is 16.3 Å². The zero-order valence-corrected chi connectivity index (χ0v) is 20.7. The Morgan fingerprint density at radius 2 is 1.70 bits per heavy atom. The number of aliphatic carboxylic acids is 1. The van der Waals surface area contributed by atoms with Crippen LogP contribution in [0.1, 0.15) is 42.6 Å². The summed E-state index contributed by atoms with van der Waals surface area (Å²) in [6.45, 7) is 2.07. The third kappa shape index (κ3) is 5.17. The number of carboxylic acids is 1. The molecule has 1 aromatic heterocycles. The molecule has 1 amide bonds. The van der Waals surface area contributed by atoms with E-state index in [2.05, 4.69) is 20.8 Å². The van der Waals surface area contributed by atoms with Crippen LogP contribution in [0.2, 0.25) is 5.02 Å². The second kappa shape index (κ2) is 10.0. The van der Waals surface area contributed by atoms with Crippen LogP contribution in [0.15, 0.2) is 72.8 Å². The molecule has 0 spiro atoms. The lowest BCUT2D eigenvalue weighted by Crippen LogP contribution is -2.19. The van der Waals surface area contributed by atoms with Gasteiger partial charge in [0.2, 0.25) is 0 Å². The third-order valence-electron chi connectivity index (χ3n) is 6.59. The Kier molecular flexibility index (Phi) is 6.62. The van der Waals surface area contributed by atoms with Crippen molar-refractivity contribution < 1.29 is 19.4 Å². The van der Waals surface area contributed by atoms with Crippen molar-refractivity contribution in [3.05, 3.63) is 94.5 Å². The number of amides is 1. The van der Waals surface area contributed by atoms with Crippen LogP contribution in [-0.4, -0.2) is 37.4 Å². The van der Waals surface area contributed by atoms with Crippen LogP contribution in [0.4, 0.5) is 10.7 Å². The van der Waals surface area contributed by atoms with Crippen LogP contribution in [0.25, 0.3) is 11.1 Å². The first-order valence-electron chi connectivity index (χ1n) is 11.8. The first-order valence-corrected chi connectivity index (χ1v) is 12.1. The van der Waals surface area contributed by atoms with Gasteiger partial charge in [0, 0.05) is 10.6 Å². The molecule has 0 aliphatic heterocycles. The summed E-state index contributed by atoms with van der Waals surface area (Å²) < 4.78 is 6.90. The molecular weight excluding hydrogens is 494 g/mol. The molecule has 0 saturated heterocycles. The summed E-state index contributed by atoms with van der Waals surface area (Å²) in [6.07, 6.45) is 0.113. The summed E-state index contributed by atoms with van der Waals surface area (Å²) in [5, 5.41) is 24.1. The molecule has 3 aromatic carbocycles. The van der Waals surface area contributed by atoms with Crippen molar-refractivity contribution in [3.63, 3.8) is 0 Å². The van der Waals surface area contributed by atoms with E-state index < -0.39 is 23.6 Å². The van der Waals surface area contributed by atoms with Gasteiger partial charge in [-0.25, -0.2) is 9.48 Å². The number of halogens is 1.